The van der Waals surface area contributed by atoms with Crippen molar-refractivity contribution in [2.24, 2.45) is 10.8 Å². The molecule has 8 heteroatoms. The van der Waals surface area contributed by atoms with Gasteiger partial charge in [-0.05, 0) is 117 Å². The summed E-state index contributed by atoms with van der Waals surface area (Å²) in [5, 5.41) is 0. The first-order valence-corrected chi connectivity index (χ1v) is 18.4. The summed E-state index contributed by atoms with van der Waals surface area (Å²) in [5.74, 6) is 2.11. The third kappa shape index (κ3) is 10.6. The molecule has 0 N–H and O–H groups in total. The van der Waals surface area contributed by atoms with Gasteiger partial charge in [0.15, 0.2) is 0 Å². The molecule has 0 amide bonds. The maximum atomic E-state index is 12.8. The molecule has 0 saturated carbocycles. The van der Waals surface area contributed by atoms with Crippen molar-refractivity contribution in [3.63, 3.8) is 0 Å². The zero-order chi connectivity index (χ0) is 37.3. The largest absolute Gasteiger partial charge is 0.492 e. The fraction of sp³-hybridized carbons (Fsp3) is 0.488. The summed E-state index contributed by atoms with van der Waals surface area (Å²) in [5.41, 5.74) is 3.21. The lowest BCUT2D eigenvalue weighted by Gasteiger charge is -2.28. The Labute approximate surface area is 305 Å². The lowest BCUT2D eigenvalue weighted by Crippen LogP contribution is -2.33. The molecule has 2 aliphatic heterocycles. The highest BCUT2D eigenvalue weighted by atomic mass is 16.5. The molecule has 2 heterocycles. The van der Waals surface area contributed by atoms with Gasteiger partial charge in [-0.3, -0.25) is 14.5 Å². The number of likely N-dealkylation sites (tertiary alicyclic amines) is 1. The molecule has 0 aliphatic carbocycles. The van der Waals surface area contributed by atoms with E-state index >= 15 is 0 Å². The second-order valence-electron chi connectivity index (χ2n) is 15.2. The Kier molecular flexibility index (Phi) is 13.4. The fourth-order valence-electron chi connectivity index (χ4n) is 5.69. The van der Waals surface area contributed by atoms with Crippen LogP contribution in [0.25, 0.3) is 11.1 Å². The highest BCUT2D eigenvalue weighted by molar-refractivity contribution is 6.03. The van der Waals surface area contributed by atoms with Gasteiger partial charge in [0.25, 0.3) is 0 Å². The van der Waals surface area contributed by atoms with E-state index < -0.39 is 10.8 Å². The highest BCUT2D eigenvalue weighted by Gasteiger charge is 2.30. The van der Waals surface area contributed by atoms with Gasteiger partial charge >= 0.3 is 11.9 Å². The number of ether oxygens (including phenoxy) is 5. The zero-order valence-corrected chi connectivity index (χ0v) is 32.3. The quantitative estimate of drug-likeness (QED) is 0.153. The first kappa shape index (κ1) is 39.5. The molecule has 3 aromatic carbocycles. The van der Waals surface area contributed by atoms with Crippen molar-refractivity contribution in [3.05, 3.63) is 77.4 Å². The maximum absolute atomic E-state index is 12.8. The predicted octanol–water partition coefficient (Wildman–Crippen LogP) is 9.62. The van der Waals surface area contributed by atoms with Crippen LogP contribution in [0.5, 0.6) is 28.7 Å². The number of hydrogen-bond acceptors (Lipinski definition) is 8. The second kappa shape index (κ2) is 17.3. The lowest BCUT2D eigenvalue weighted by atomic mass is 9.87. The number of rotatable bonds is 10. The molecule has 276 valence electrons. The molecule has 1 fully saturated rings. The average molecular weight is 700 g/mol. The van der Waals surface area contributed by atoms with Gasteiger partial charge in [0.1, 0.15) is 42.0 Å². The molecule has 0 radical (unpaired) electrons. The third-order valence-electron chi connectivity index (χ3n) is 8.44. The molecule has 0 bridgehead atoms. The Morgan fingerprint density at radius 1 is 0.745 bits per heavy atom. The SMILES string of the molecule is CC.CC(C)Oc1cc(OC(=O)C(C)(C)C)cc2c1C(c1ccc(OCCN3CCCCC3)cc1)=C(c1ccc(OC(=O)C(C)(C)C)cc1)CO2. The van der Waals surface area contributed by atoms with Crippen molar-refractivity contribution >= 4 is 23.1 Å². The number of carbonyl (C=O) groups excluding carboxylic acids is 2. The van der Waals surface area contributed by atoms with E-state index in [1.54, 1.807) is 24.3 Å². The monoisotopic (exact) mass is 699 g/mol. The smallest absolute Gasteiger partial charge is 0.316 e. The Bertz CT molecular complexity index is 1650. The van der Waals surface area contributed by atoms with Crippen molar-refractivity contribution < 1.29 is 33.3 Å². The minimum Gasteiger partial charge on any atom is -0.492 e. The first-order chi connectivity index (χ1) is 24.2. The van der Waals surface area contributed by atoms with Gasteiger partial charge in [0, 0.05) is 29.8 Å². The van der Waals surface area contributed by atoms with E-state index in [1.165, 1.54) is 19.3 Å². The minimum absolute atomic E-state index is 0.156. The Morgan fingerprint density at radius 2 is 1.29 bits per heavy atom. The summed E-state index contributed by atoms with van der Waals surface area (Å²) >= 11 is 0. The summed E-state index contributed by atoms with van der Waals surface area (Å²) in [4.78, 5) is 27.8. The minimum atomic E-state index is -0.682. The second-order valence-corrected chi connectivity index (χ2v) is 15.2. The van der Waals surface area contributed by atoms with Crippen LogP contribution in [0, 0.1) is 10.8 Å². The zero-order valence-electron chi connectivity index (χ0n) is 32.3. The first-order valence-electron chi connectivity index (χ1n) is 18.4. The van der Waals surface area contributed by atoms with Crippen LogP contribution in [0.15, 0.2) is 60.7 Å². The number of esters is 2. The van der Waals surface area contributed by atoms with Crippen LogP contribution in [0.4, 0.5) is 0 Å². The van der Waals surface area contributed by atoms with E-state index in [4.69, 9.17) is 23.7 Å². The molecule has 0 aromatic heterocycles. The van der Waals surface area contributed by atoms with Crippen LogP contribution < -0.4 is 23.7 Å². The Hall–Kier alpha value is -4.30. The number of carbonyl (C=O) groups is 2. The van der Waals surface area contributed by atoms with E-state index in [0.29, 0.717) is 29.6 Å². The lowest BCUT2D eigenvalue weighted by molar-refractivity contribution is -0.143. The van der Waals surface area contributed by atoms with Crippen molar-refractivity contribution in [2.75, 3.05) is 32.8 Å². The molecular weight excluding hydrogens is 642 g/mol. The number of benzene rings is 3. The van der Waals surface area contributed by atoms with Crippen molar-refractivity contribution in [1.82, 2.24) is 4.90 Å². The number of nitrogens with zero attached hydrogens (tertiary/aromatic N) is 1. The summed E-state index contributed by atoms with van der Waals surface area (Å²) in [6.45, 7) is 23.0. The van der Waals surface area contributed by atoms with E-state index in [0.717, 1.165) is 53.2 Å². The van der Waals surface area contributed by atoms with Crippen LogP contribution in [-0.4, -0.2) is 55.8 Å². The van der Waals surface area contributed by atoms with Gasteiger partial charge in [0.2, 0.25) is 0 Å². The number of piperidine rings is 1. The normalized spacial score (nSPS) is 14.9. The maximum Gasteiger partial charge on any atom is 0.316 e. The highest BCUT2D eigenvalue weighted by Crippen LogP contribution is 2.48. The van der Waals surface area contributed by atoms with Crippen LogP contribution >= 0.6 is 0 Å². The molecule has 2 aliphatic rings. The number of fused-ring (bicyclic) bond motifs is 1. The standard InChI is InChI=1S/C41H51NO7.C2H6/c1-27(2)47-35-25-32(49-39(44)41(6,7)8)24-34-37(35)36(29-14-16-30(17-15-29)45-23-22-42-20-10-9-11-21-42)33(26-46-34)28-12-18-31(19-13-28)48-38(43)40(3,4)5;1-2/h12-19,24-25,27H,9-11,20-23,26H2,1-8H3;1-2H3. The van der Waals surface area contributed by atoms with Crippen molar-refractivity contribution in [3.8, 4) is 28.7 Å². The van der Waals surface area contributed by atoms with E-state index in [9.17, 15) is 9.59 Å². The van der Waals surface area contributed by atoms with Gasteiger partial charge in [-0.1, -0.05) is 44.5 Å². The molecule has 0 unspecified atom stereocenters. The van der Waals surface area contributed by atoms with Gasteiger partial charge in [-0.25, -0.2) is 0 Å². The van der Waals surface area contributed by atoms with Crippen molar-refractivity contribution in [2.45, 2.75) is 94.6 Å². The molecule has 5 rings (SSSR count). The molecule has 8 nitrogen and oxygen atoms in total. The third-order valence-corrected chi connectivity index (χ3v) is 8.44. The predicted molar refractivity (Wildman–Crippen MR) is 204 cm³/mol. The van der Waals surface area contributed by atoms with E-state index in [-0.39, 0.29) is 24.6 Å². The van der Waals surface area contributed by atoms with Crippen LogP contribution in [-0.2, 0) is 9.59 Å². The summed E-state index contributed by atoms with van der Waals surface area (Å²) in [7, 11) is 0. The fourth-order valence-corrected chi connectivity index (χ4v) is 5.69. The molecule has 51 heavy (non-hydrogen) atoms. The van der Waals surface area contributed by atoms with Crippen LogP contribution in [0.2, 0.25) is 0 Å². The van der Waals surface area contributed by atoms with E-state index in [1.807, 2.05) is 93.5 Å². The molecule has 3 aromatic rings. The van der Waals surface area contributed by atoms with Crippen LogP contribution in [0.1, 0.15) is 105 Å². The van der Waals surface area contributed by atoms with Gasteiger partial charge in [-0.2, -0.15) is 0 Å². The summed E-state index contributed by atoms with van der Waals surface area (Å²) < 4.78 is 30.4. The number of hydrogen-bond donors (Lipinski definition) is 0. The molecular formula is C43H57NO7. The molecule has 1 saturated heterocycles. The Balaban J connectivity index is 0.00000286. The van der Waals surface area contributed by atoms with E-state index in [2.05, 4.69) is 17.0 Å². The van der Waals surface area contributed by atoms with Crippen LogP contribution in [0.3, 0.4) is 0 Å². The van der Waals surface area contributed by atoms with Gasteiger partial charge in [-0.15, -0.1) is 0 Å². The topological polar surface area (TPSA) is 83.5 Å². The summed E-state index contributed by atoms with van der Waals surface area (Å²) in [6.07, 6.45) is 3.67. The summed E-state index contributed by atoms with van der Waals surface area (Å²) in [6, 6.07) is 19.1. The molecule has 0 atom stereocenters. The van der Waals surface area contributed by atoms with Gasteiger partial charge < -0.3 is 23.7 Å². The Morgan fingerprint density at radius 3 is 1.86 bits per heavy atom. The van der Waals surface area contributed by atoms with Gasteiger partial charge in [0.05, 0.1) is 22.5 Å². The average Bonchev–Trinajstić information content (AvgIpc) is 3.09. The molecule has 0 spiro atoms. The van der Waals surface area contributed by atoms with Crippen molar-refractivity contribution in [1.29, 1.82) is 0 Å².